The molecule has 3 heterocycles. The first-order chi connectivity index (χ1) is 12.3. The molecule has 2 atom stereocenters. The first-order valence-corrected chi connectivity index (χ1v) is 9.93. The Hall–Kier alpha value is -1.78. The molecule has 2 fully saturated rings. The SMILES string of the molecule is Cc1ccc(N2CCC(C3CCN(C(=O)O)CC3)CC2C(C)(C)C)nc1. The molecule has 0 saturated carbocycles. The molecular weight excluding hydrogens is 326 g/mol. The third kappa shape index (κ3) is 4.13. The van der Waals surface area contributed by atoms with Gasteiger partial charge in [-0.2, -0.15) is 0 Å². The molecule has 0 aromatic carbocycles. The highest BCUT2D eigenvalue weighted by Gasteiger charge is 2.40. The molecule has 0 spiro atoms. The van der Waals surface area contributed by atoms with Gasteiger partial charge < -0.3 is 14.9 Å². The maximum absolute atomic E-state index is 11.2. The van der Waals surface area contributed by atoms with Crippen molar-refractivity contribution in [1.82, 2.24) is 9.88 Å². The number of pyridine rings is 1. The van der Waals surface area contributed by atoms with Gasteiger partial charge in [-0.1, -0.05) is 26.8 Å². The maximum atomic E-state index is 11.2. The Kier molecular flexibility index (Phi) is 5.44. The second kappa shape index (κ2) is 7.45. The molecule has 1 aromatic heterocycles. The van der Waals surface area contributed by atoms with Crippen LogP contribution in [0.3, 0.4) is 0 Å². The number of aryl methyl sites for hydroxylation is 1. The Morgan fingerprint density at radius 2 is 1.77 bits per heavy atom. The van der Waals surface area contributed by atoms with Crippen molar-refractivity contribution in [3.05, 3.63) is 23.9 Å². The summed E-state index contributed by atoms with van der Waals surface area (Å²) in [4.78, 5) is 19.9. The van der Waals surface area contributed by atoms with Crippen LogP contribution in [0.4, 0.5) is 10.6 Å². The van der Waals surface area contributed by atoms with Gasteiger partial charge in [-0.3, -0.25) is 0 Å². The number of amides is 1. The summed E-state index contributed by atoms with van der Waals surface area (Å²) in [7, 11) is 0. The van der Waals surface area contributed by atoms with Gasteiger partial charge in [0.2, 0.25) is 0 Å². The first-order valence-electron chi connectivity index (χ1n) is 9.93. The number of nitrogens with zero attached hydrogens (tertiary/aromatic N) is 3. The second-order valence-electron chi connectivity index (χ2n) is 9.16. The molecule has 3 rings (SSSR count). The van der Waals surface area contributed by atoms with E-state index in [1.807, 2.05) is 6.20 Å². The van der Waals surface area contributed by atoms with Crippen molar-refractivity contribution in [2.45, 2.75) is 59.4 Å². The minimum absolute atomic E-state index is 0.188. The van der Waals surface area contributed by atoms with E-state index in [1.54, 1.807) is 4.90 Å². The van der Waals surface area contributed by atoms with Gasteiger partial charge in [-0.25, -0.2) is 9.78 Å². The fourth-order valence-corrected chi connectivity index (χ4v) is 4.71. The lowest BCUT2D eigenvalue weighted by molar-refractivity contribution is 0.0957. The number of likely N-dealkylation sites (tertiary alicyclic amines) is 1. The molecule has 26 heavy (non-hydrogen) atoms. The average Bonchev–Trinajstić information content (AvgIpc) is 2.61. The summed E-state index contributed by atoms with van der Waals surface area (Å²) in [5.41, 5.74) is 1.38. The van der Waals surface area contributed by atoms with Crippen molar-refractivity contribution in [1.29, 1.82) is 0 Å². The van der Waals surface area contributed by atoms with Crippen LogP contribution in [0, 0.1) is 24.2 Å². The van der Waals surface area contributed by atoms with Gasteiger partial charge in [0.1, 0.15) is 5.82 Å². The minimum atomic E-state index is -0.767. The quantitative estimate of drug-likeness (QED) is 0.850. The van der Waals surface area contributed by atoms with E-state index >= 15 is 0 Å². The topological polar surface area (TPSA) is 56.7 Å². The molecule has 1 aromatic rings. The van der Waals surface area contributed by atoms with Crippen LogP contribution in [-0.4, -0.2) is 46.8 Å². The van der Waals surface area contributed by atoms with Gasteiger partial charge in [0.05, 0.1) is 0 Å². The van der Waals surface area contributed by atoms with Crippen LogP contribution >= 0.6 is 0 Å². The van der Waals surface area contributed by atoms with E-state index in [1.165, 1.54) is 18.4 Å². The smallest absolute Gasteiger partial charge is 0.407 e. The molecule has 2 aliphatic rings. The zero-order valence-electron chi connectivity index (χ0n) is 16.6. The van der Waals surface area contributed by atoms with Gasteiger partial charge in [0.15, 0.2) is 0 Å². The second-order valence-corrected chi connectivity index (χ2v) is 9.16. The van der Waals surface area contributed by atoms with Crippen molar-refractivity contribution >= 4 is 11.9 Å². The van der Waals surface area contributed by atoms with Crippen LogP contribution < -0.4 is 4.90 Å². The molecule has 1 N–H and O–H groups in total. The molecular formula is C21H33N3O2. The fourth-order valence-electron chi connectivity index (χ4n) is 4.71. The predicted molar refractivity (Wildman–Crippen MR) is 105 cm³/mol. The summed E-state index contributed by atoms with van der Waals surface area (Å²) < 4.78 is 0. The summed E-state index contributed by atoms with van der Waals surface area (Å²) in [5, 5.41) is 9.18. The van der Waals surface area contributed by atoms with Gasteiger partial charge >= 0.3 is 6.09 Å². The van der Waals surface area contributed by atoms with E-state index in [0.717, 1.165) is 25.2 Å². The highest BCUT2D eigenvalue weighted by atomic mass is 16.4. The third-order valence-corrected chi connectivity index (χ3v) is 6.31. The molecule has 0 bridgehead atoms. The Bertz CT molecular complexity index is 615. The minimum Gasteiger partial charge on any atom is -0.465 e. The van der Waals surface area contributed by atoms with Crippen molar-refractivity contribution in [2.75, 3.05) is 24.5 Å². The number of aromatic nitrogens is 1. The molecule has 1 amide bonds. The van der Waals surface area contributed by atoms with Crippen molar-refractivity contribution in [3.8, 4) is 0 Å². The number of carbonyl (C=O) groups is 1. The van der Waals surface area contributed by atoms with E-state index in [2.05, 4.69) is 49.7 Å². The molecule has 2 unspecified atom stereocenters. The van der Waals surface area contributed by atoms with E-state index in [4.69, 9.17) is 0 Å². The number of hydrogen-bond donors (Lipinski definition) is 1. The van der Waals surface area contributed by atoms with Gasteiger partial charge in [-0.05, 0) is 61.5 Å². The number of hydrogen-bond acceptors (Lipinski definition) is 3. The lowest BCUT2D eigenvalue weighted by Crippen LogP contribution is -2.52. The van der Waals surface area contributed by atoms with E-state index < -0.39 is 6.09 Å². The zero-order chi connectivity index (χ0) is 18.9. The largest absolute Gasteiger partial charge is 0.465 e. The molecule has 144 valence electrons. The lowest BCUT2D eigenvalue weighted by atomic mass is 9.71. The maximum Gasteiger partial charge on any atom is 0.407 e. The van der Waals surface area contributed by atoms with E-state index in [-0.39, 0.29) is 5.41 Å². The van der Waals surface area contributed by atoms with E-state index in [9.17, 15) is 9.90 Å². The molecule has 0 radical (unpaired) electrons. The van der Waals surface area contributed by atoms with Crippen molar-refractivity contribution in [2.24, 2.45) is 17.3 Å². The summed E-state index contributed by atoms with van der Waals surface area (Å²) in [6.45, 7) is 11.5. The lowest BCUT2D eigenvalue weighted by Gasteiger charge is -2.49. The fraction of sp³-hybridized carbons (Fsp3) is 0.714. The normalized spacial score (nSPS) is 25.4. The number of rotatable bonds is 2. The Labute approximate surface area is 157 Å². The highest BCUT2D eigenvalue weighted by Crippen LogP contribution is 2.41. The Morgan fingerprint density at radius 1 is 1.12 bits per heavy atom. The molecule has 2 saturated heterocycles. The Balaban J connectivity index is 1.70. The molecule has 2 aliphatic heterocycles. The summed E-state index contributed by atoms with van der Waals surface area (Å²) in [6, 6.07) is 4.77. The standard InChI is InChI=1S/C21H33N3O2/c1-15-5-6-19(22-14-15)24-12-9-17(13-18(24)21(2,3)4)16-7-10-23(11-8-16)20(25)26/h5-6,14,16-18H,7-13H2,1-4H3,(H,25,26). The highest BCUT2D eigenvalue weighted by molar-refractivity contribution is 5.65. The van der Waals surface area contributed by atoms with Crippen LogP contribution in [0.25, 0.3) is 0 Å². The monoisotopic (exact) mass is 359 g/mol. The third-order valence-electron chi connectivity index (χ3n) is 6.31. The van der Waals surface area contributed by atoms with Crippen LogP contribution in [0.1, 0.15) is 52.0 Å². The van der Waals surface area contributed by atoms with Gasteiger partial charge in [0.25, 0.3) is 0 Å². The number of carboxylic acid groups (broad SMARTS) is 1. The number of anilines is 1. The zero-order valence-corrected chi connectivity index (χ0v) is 16.6. The molecule has 0 aliphatic carbocycles. The average molecular weight is 360 g/mol. The van der Waals surface area contributed by atoms with Crippen molar-refractivity contribution in [3.63, 3.8) is 0 Å². The van der Waals surface area contributed by atoms with E-state index in [0.29, 0.717) is 31.0 Å². The first kappa shape index (κ1) is 19.0. The predicted octanol–water partition coefficient (Wildman–Crippen LogP) is 4.41. The molecule has 5 nitrogen and oxygen atoms in total. The number of piperidine rings is 2. The molecule has 5 heteroatoms. The van der Waals surface area contributed by atoms with Crippen molar-refractivity contribution < 1.29 is 9.90 Å². The van der Waals surface area contributed by atoms with Gasteiger partial charge in [-0.15, -0.1) is 0 Å². The summed E-state index contributed by atoms with van der Waals surface area (Å²) in [5.74, 6) is 2.44. The van der Waals surface area contributed by atoms with Crippen LogP contribution in [0.2, 0.25) is 0 Å². The Morgan fingerprint density at radius 3 is 2.31 bits per heavy atom. The summed E-state index contributed by atoms with van der Waals surface area (Å²) >= 11 is 0. The van der Waals surface area contributed by atoms with Crippen LogP contribution in [-0.2, 0) is 0 Å². The van der Waals surface area contributed by atoms with Crippen LogP contribution in [0.5, 0.6) is 0 Å². The summed E-state index contributed by atoms with van der Waals surface area (Å²) in [6.07, 6.45) is 5.57. The van der Waals surface area contributed by atoms with Crippen LogP contribution in [0.15, 0.2) is 18.3 Å². The van der Waals surface area contributed by atoms with Gasteiger partial charge in [0, 0.05) is 31.9 Å².